The number of hydrogen-bond acceptors (Lipinski definition) is 6. The van der Waals surface area contributed by atoms with Gasteiger partial charge in [-0.3, -0.25) is 14.5 Å². The third-order valence-corrected chi connectivity index (χ3v) is 5.38. The number of carbonyl (C=O) groups excluding carboxylic acids is 2. The molecule has 0 atom stereocenters. The fraction of sp³-hybridized carbons (Fsp3) is 0.154. The lowest BCUT2D eigenvalue weighted by atomic mass is 10.4. The van der Waals surface area contributed by atoms with E-state index in [-0.39, 0.29) is 11.1 Å². The number of amides is 2. The second-order valence-electron chi connectivity index (χ2n) is 4.17. The van der Waals surface area contributed by atoms with E-state index in [1.807, 2.05) is 29.0 Å². The predicted molar refractivity (Wildman–Crippen MR) is 86.9 cm³/mol. The van der Waals surface area contributed by atoms with Gasteiger partial charge in [0, 0.05) is 4.88 Å². The molecule has 0 aromatic carbocycles. The largest absolute Gasteiger partial charge is 0.287 e. The van der Waals surface area contributed by atoms with Gasteiger partial charge in [0.1, 0.15) is 5.84 Å². The summed E-state index contributed by atoms with van der Waals surface area (Å²) >= 11 is 4.14. The Hall–Kier alpha value is -1.64. The maximum Gasteiger partial charge on any atom is 0.287 e. The molecule has 2 aromatic rings. The molecule has 1 N–H and O–H groups in total. The fourth-order valence-electron chi connectivity index (χ4n) is 1.77. The van der Waals surface area contributed by atoms with Crippen LogP contribution in [0.3, 0.4) is 0 Å². The van der Waals surface area contributed by atoms with Crippen molar-refractivity contribution in [2.45, 2.75) is 6.54 Å². The third-order valence-electron chi connectivity index (χ3n) is 2.78. The first kappa shape index (κ1) is 14.3. The molecule has 0 radical (unpaired) electrons. The summed E-state index contributed by atoms with van der Waals surface area (Å²) in [5.74, 6) is 0.816. The SMILES string of the molecule is O=C(NN=C1CSC(=O)N1Cc1cccs1)c1cccs1. The van der Waals surface area contributed by atoms with Crippen LogP contribution in [0.15, 0.2) is 40.1 Å². The highest BCUT2D eigenvalue weighted by Crippen LogP contribution is 2.23. The molecule has 0 aliphatic carbocycles. The first-order valence-electron chi connectivity index (χ1n) is 6.11. The zero-order chi connectivity index (χ0) is 14.7. The molecule has 1 aliphatic heterocycles. The Morgan fingerprint density at radius 2 is 2.10 bits per heavy atom. The molecule has 3 rings (SSSR count). The minimum Gasteiger partial charge on any atom is -0.284 e. The summed E-state index contributed by atoms with van der Waals surface area (Å²) in [7, 11) is 0. The van der Waals surface area contributed by atoms with Gasteiger partial charge in [0.2, 0.25) is 0 Å². The van der Waals surface area contributed by atoms with Crippen molar-refractivity contribution in [1.29, 1.82) is 0 Å². The van der Waals surface area contributed by atoms with Crippen LogP contribution in [0.25, 0.3) is 0 Å². The number of thiophene rings is 2. The van der Waals surface area contributed by atoms with E-state index in [0.29, 0.717) is 23.0 Å². The maximum absolute atomic E-state index is 11.9. The van der Waals surface area contributed by atoms with Crippen LogP contribution in [0, 0.1) is 0 Å². The first-order chi connectivity index (χ1) is 10.2. The summed E-state index contributed by atoms with van der Waals surface area (Å²) in [6, 6.07) is 7.47. The predicted octanol–water partition coefficient (Wildman–Crippen LogP) is 3.22. The van der Waals surface area contributed by atoms with Gasteiger partial charge in [0.15, 0.2) is 0 Å². The summed E-state index contributed by atoms with van der Waals surface area (Å²) in [5.41, 5.74) is 2.51. The van der Waals surface area contributed by atoms with E-state index in [9.17, 15) is 9.59 Å². The van der Waals surface area contributed by atoms with E-state index in [4.69, 9.17) is 0 Å². The third kappa shape index (κ3) is 3.34. The summed E-state index contributed by atoms with van der Waals surface area (Å²) < 4.78 is 0. The lowest BCUT2D eigenvalue weighted by Crippen LogP contribution is -2.31. The molecule has 5 nitrogen and oxygen atoms in total. The lowest BCUT2D eigenvalue weighted by molar-refractivity contribution is 0.0958. The van der Waals surface area contributed by atoms with Crippen molar-refractivity contribution in [2.75, 3.05) is 5.75 Å². The number of nitrogens with zero attached hydrogens (tertiary/aromatic N) is 2. The Kier molecular flexibility index (Phi) is 4.37. The van der Waals surface area contributed by atoms with Crippen molar-refractivity contribution in [3.05, 3.63) is 44.8 Å². The number of thioether (sulfide) groups is 1. The molecular weight excluding hydrogens is 326 g/mol. The Labute approximate surface area is 133 Å². The van der Waals surface area contributed by atoms with Crippen molar-refractivity contribution >= 4 is 51.4 Å². The number of hydrogen-bond donors (Lipinski definition) is 1. The van der Waals surface area contributed by atoms with E-state index in [1.165, 1.54) is 23.1 Å². The van der Waals surface area contributed by atoms with Crippen LogP contribution in [-0.4, -0.2) is 27.6 Å². The van der Waals surface area contributed by atoms with Gasteiger partial charge < -0.3 is 0 Å². The highest BCUT2D eigenvalue weighted by atomic mass is 32.2. The van der Waals surface area contributed by atoms with Crippen molar-refractivity contribution in [2.24, 2.45) is 5.10 Å². The standard InChI is InChI=1S/C13H11N3O2S3/c17-12(10-4-2-6-20-10)15-14-11-8-21-13(18)16(11)7-9-3-1-5-19-9/h1-6H,7-8H2,(H,15,17). The van der Waals surface area contributed by atoms with Crippen LogP contribution in [0.4, 0.5) is 4.79 Å². The number of hydrazone groups is 1. The maximum atomic E-state index is 11.9. The molecule has 0 unspecified atom stereocenters. The van der Waals surface area contributed by atoms with Crippen molar-refractivity contribution in [3.63, 3.8) is 0 Å². The zero-order valence-electron chi connectivity index (χ0n) is 10.8. The lowest BCUT2D eigenvalue weighted by Gasteiger charge is -2.14. The topological polar surface area (TPSA) is 61.8 Å². The number of rotatable bonds is 4. The van der Waals surface area contributed by atoms with Gasteiger partial charge in [-0.05, 0) is 22.9 Å². The Morgan fingerprint density at radius 3 is 2.81 bits per heavy atom. The van der Waals surface area contributed by atoms with E-state index < -0.39 is 0 Å². The average molecular weight is 337 g/mol. The monoisotopic (exact) mass is 337 g/mol. The van der Waals surface area contributed by atoms with Crippen molar-refractivity contribution in [1.82, 2.24) is 10.3 Å². The summed E-state index contributed by atoms with van der Waals surface area (Å²) in [5, 5.41) is 7.87. The van der Waals surface area contributed by atoms with Gasteiger partial charge in [0.25, 0.3) is 11.1 Å². The van der Waals surface area contributed by atoms with Gasteiger partial charge in [-0.2, -0.15) is 5.10 Å². The molecule has 21 heavy (non-hydrogen) atoms. The van der Waals surface area contributed by atoms with Gasteiger partial charge in [-0.1, -0.05) is 23.9 Å². The average Bonchev–Trinajstić information content (AvgIpc) is 3.21. The number of carbonyl (C=O) groups is 2. The van der Waals surface area contributed by atoms with E-state index in [0.717, 1.165) is 4.88 Å². The summed E-state index contributed by atoms with van der Waals surface area (Å²) in [6.07, 6.45) is 0. The zero-order valence-corrected chi connectivity index (χ0v) is 13.3. The molecule has 2 amide bonds. The van der Waals surface area contributed by atoms with E-state index >= 15 is 0 Å². The van der Waals surface area contributed by atoms with E-state index in [1.54, 1.807) is 22.3 Å². The Morgan fingerprint density at radius 1 is 1.29 bits per heavy atom. The molecule has 0 saturated carbocycles. The molecule has 0 spiro atoms. The number of amidine groups is 1. The highest BCUT2D eigenvalue weighted by molar-refractivity contribution is 8.14. The smallest absolute Gasteiger partial charge is 0.284 e. The quantitative estimate of drug-likeness (QED) is 0.871. The second kappa shape index (κ2) is 6.42. The summed E-state index contributed by atoms with van der Waals surface area (Å²) in [6.45, 7) is 0.497. The molecular formula is C13H11N3O2S3. The van der Waals surface area contributed by atoms with Crippen LogP contribution in [-0.2, 0) is 6.54 Å². The van der Waals surface area contributed by atoms with Gasteiger partial charge in [-0.25, -0.2) is 5.43 Å². The molecule has 3 heterocycles. The normalized spacial score (nSPS) is 16.7. The first-order valence-corrected chi connectivity index (χ1v) is 8.85. The molecule has 108 valence electrons. The fourth-order valence-corrected chi connectivity index (χ4v) is 3.88. The van der Waals surface area contributed by atoms with Gasteiger partial charge >= 0.3 is 0 Å². The second-order valence-corrected chi connectivity index (χ2v) is 7.07. The highest BCUT2D eigenvalue weighted by Gasteiger charge is 2.28. The van der Waals surface area contributed by atoms with Crippen LogP contribution in [0.5, 0.6) is 0 Å². The molecule has 1 aliphatic rings. The minimum absolute atomic E-state index is 0.0347. The molecule has 1 fully saturated rings. The number of nitrogens with one attached hydrogen (secondary N) is 1. The summed E-state index contributed by atoms with van der Waals surface area (Å²) in [4.78, 5) is 27.0. The van der Waals surface area contributed by atoms with Gasteiger partial charge in [-0.15, -0.1) is 22.7 Å². The Balaban J connectivity index is 1.69. The van der Waals surface area contributed by atoms with Crippen molar-refractivity contribution < 1.29 is 9.59 Å². The van der Waals surface area contributed by atoms with Crippen LogP contribution < -0.4 is 5.43 Å². The van der Waals surface area contributed by atoms with E-state index in [2.05, 4.69) is 10.5 Å². The van der Waals surface area contributed by atoms with Crippen LogP contribution >= 0.6 is 34.4 Å². The molecule has 2 aromatic heterocycles. The Bertz CT molecular complexity index is 665. The molecule has 1 saturated heterocycles. The minimum atomic E-state index is -0.252. The molecule has 0 bridgehead atoms. The van der Waals surface area contributed by atoms with Crippen LogP contribution in [0.1, 0.15) is 14.5 Å². The van der Waals surface area contributed by atoms with Gasteiger partial charge in [0.05, 0.1) is 17.2 Å². The van der Waals surface area contributed by atoms with Crippen LogP contribution in [0.2, 0.25) is 0 Å². The molecule has 8 heteroatoms. The van der Waals surface area contributed by atoms with Crippen molar-refractivity contribution in [3.8, 4) is 0 Å².